The van der Waals surface area contributed by atoms with E-state index in [1.807, 2.05) is 0 Å². The van der Waals surface area contributed by atoms with E-state index in [1.165, 1.54) is 24.3 Å². The molecule has 1 heterocycles. The number of nitrogens with one attached hydrogen (secondary N) is 1. The van der Waals surface area contributed by atoms with E-state index >= 15 is 0 Å². The second kappa shape index (κ2) is 5.29. The molecule has 0 aromatic heterocycles. The lowest BCUT2D eigenvalue weighted by atomic mass is 9.87. The first-order valence-corrected chi connectivity index (χ1v) is 6.89. The number of thiocarbonyl (C=S) groups is 1. The minimum Gasteiger partial charge on any atom is -0.350 e. The number of hydrogen-bond donors (Lipinski definition) is 1. The van der Waals surface area contributed by atoms with Crippen LogP contribution in [0.5, 0.6) is 0 Å². The van der Waals surface area contributed by atoms with Crippen LogP contribution in [0.3, 0.4) is 0 Å². The molecule has 1 nitrogen and oxygen atoms in total. The first kappa shape index (κ1) is 13.2. The van der Waals surface area contributed by atoms with Crippen molar-refractivity contribution < 1.29 is 8.78 Å². The van der Waals surface area contributed by atoms with Crippen molar-refractivity contribution in [2.45, 2.75) is 18.8 Å². The molecule has 1 atom stereocenters. The summed E-state index contributed by atoms with van der Waals surface area (Å²) in [6.07, 6.45) is 1.56. The van der Waals surface area contributed by atoms with Gasteiger partial charge in [0.2, 0.25) is 0 Å². The van der Waals surface area contributed by atoms with Crippen LogP contribution in [0.1, 0.15) is 29.9 Å². The van der Waals surface area contributed by atoms with E-state index in [-0.39, 0.29) is 17.6 Å². The molecule has 0 bridgehead atoms. The summed E-state index contributed by atoms with van der Waals surface area (Å²) in [7, 11) is 0. The SMILES string of the molecule is Fc1ccc(C2CCC(=S)Nc3cc(F)ccc32)cc1. The Hall–Kier alpha value is -1.81. The van der Waals surface area contributed by atoms with Crippen molar-refractivity contribution in [2.24, 2.45) is 0 Å². The van der Waals surface area contributed by atoms with Gasteiger partial charge in [0.15, 0.2) is 0 Å². The van der Waals surface area contributed by atoms with E-state index in [9.17, 15) is 8.78 Å². The van der Waals surface area contributed by atoms with Crippen molar-refractivity contribution in [3.63, 3.8) is 0 Å². The molecule has 0 aliphatic carbocycles. The molecule has 0 radical (unpaired) electrons. The predicted octanol–water partition coefficient (Wildman–Crippen LogP) is 4.63. The molecule has 0 spiro atoms. The van der Waals surface area contributed by atoms with Gasteiger partial charge in [-0.25, -0.2) is 8.78 Å². The van der Waals surface area contributed by atoms with Crippen LogP contribution in [0.2, 0.25) is 0 Å². The molecule has 1 N–H and O–H groups in total. The molecule has 1 aliphatic heterocycles. The van der Waals surface area contributed by atoms with Crippen LogP contribution in [0, 0.1) is 11.6 Å². The number of anilines is 1. The molecule has 0 saturated heterocycles. The molecule has 20 heavy (non-hydrogen) atoms. The lowest BCUT2D eigenvalue weighted by Gasteiger charge is -2.17. The van der Waals surface area contributed by atoms with Gasteiger partial charge < -0.3 is 5.32 Å². The number of halogens is 2. The summed E-state index contributed by atoms with van der Waals surface area (Å²) in [5.41, 5.74) is 2.73. The molecule has 2 aromatic rings. The standard InChI is InChI=1S/C16H13F2NS/c17-11-3-1-10(2-4-11)13-7-8-16(20)19-15-9-12(18)5-6-14(13)15/h1-6,9,13H,7-8H2,(H,19,20). The van der Waals surface area contributed by atoms with Crippen LogP contribution in [0.25, 0.3) is 0 Å². The van der Waals surface area contributed by atoms with Gasteiger partial charge in [-0.3, -0.25) is 0 Å². The van der Waals surface area contributed by atoms with Crippen molar-refractivity contribution in [1.29, 1.82) is 0 Å². The molecule has 0 fully saturated rings. The highest BCUT2D eigenvalue weighted by molar-refractivity contribution is 7.80. The summed E-state index contributed by atoms with van der Waals surface area (Å²) < 4.78 is 26.5. The summed E-state index contributed by atoms with van der Waals surface area (Å²) in [6, 6.07) is 11.2. The minimum absolute atomic E-state index is 0.0964. The van der Waals surface area contributed by atoms with Crippen LogP contribution in [-0.2, 0) is 0 Å². The van der Waals surface area contributed by atoms with Crippen LogP contribution in [-0.4, -0.2) is 4.99 Å². The Kier molecular flexibility index (Phi) is 3.49. The normalized spacial score (nSPS) is 18.1. The summed E-state index contributed by atoms with van der Waals surface area (Å²) >= 11 is 5.24. The summed E-state index contributed by atoms with van der Waals surface area (Å²) in [6.45, 7) is 0. The first-order valence-electron chi connectivity index (χ1n) is 6.48. The second-order valence-corrected chi connectivity index (χ2v) is 5.42. The van der Waals surface area contributed by atoms with E-state index in [2.05, 4.69) is 5.32 Å². The van der Waals surface area contributed by atoms with Gasteiger partial charge in [0.05, 0.1) is 4.99 Å². The molecule has 1 unspecified atom stereocenters. The second-order valence-electron chi connectivity index (χ2n) is 4.92. The third-order valence-electron chi connectivity index (χ3n) is 3.60. The van der Waals surface area contributed by atoms with Crippen LogP contribution >= 0.6 is 12.2 Å². The van der Waals surface area contributed by atoms with Crippen LogP contribution < -0.4 is 5.32 Å². The van der Waals surface area contributed by atoms with E-state index in [1.54, 1.807) is 18.2 Å². The Balaban J connectivity index is 2.08. The van der Waals surface area contributed by atoms with E-state index in [0.717, 1.165) is 24.0 Å². The van der Waals surface area contributed by atoms with Gasteiger partial charge in [-0.1, -0.05) is 30.4 Å². The molecule has 4 heteroatoms. The molecule has 3 rings (SSSR count). The fourth-order valence-corrected chi connectivity index (χ4v) is 2.85. The summed E-state index contributed by atoms with van der Waals surface area (Å²) in [5.74, 6) is -0.451. The largest absolute Gasteiger partial charge is 0.350 e. The third-order valence-corrected chi connectivity index (χ3v) is 3.90. The fraction of sp³-hybridized carbons (Fsp3) is 0.188. The average molecular weight is 289 g/mol. The zero-order valence-electron chi connectivity index (χ0n) is 10.7. The quantitative estimate of drug-likeness (QED) is 0.768. The Morgan fingerprint density at radius 1 is 1.00 bits per heavy atom. The average Bonchev–Trinajstić information content (AvgIpc) is 2.58. The molecular formula is C16H13F2NS. The lowest BCUT2D eigenvalue weighted by molar-refractivity contribution is 0.624. The Bertz CT molecular complexity index is 652. The van der Waals surface area contributed by atoms with Crippen molar-refractivity contribution in [3.8, 4) is 0 Å². The highest BCUT2D eigenvalue weighted by Crippen LogP contribution is 2.37. The summed E-state index contributed by atoms with van der Waals surface area (Å²) in [4.78, 5) is 0.710. The van der Waals surface area contributed by atoms with Crippen molar-refractivity contribution in [2.75, 3.05) is 5.32 Å². The van der Waals surface area contributed by atoms with Crippen LogP contribution in [0.4, 0.5) is 14.5 Å². The maximum absolute atomic E-state index is 13.4. The highest BCUT2D eigenvalue weighted by Gasteiger charge is 2.22. The number of rotatable bonds is 1. The van der Waals surface area contributed by atoms with Gasteiger partial charge in [-0.2, -0.15) is 0 Å². The Morgan fingerprint density at radius 2 is 1.70 bits per heavy atom. The Morgan fingerprint density at radius 3 is 2.45 bits per heavy atom. The van der Waals surface area contributed by atoms with E-state index < -0.39 is 0 Å². The number of fused-ring (bicyclic) bond motifs is 1. The van der Waals surface area contributed by atoms with Gasteiger partial charge in [-0.05, 0) is 48.2 Å². The molecule has 0 amide bonds. The van der Waals surface area contributed by atoms with Crippen molar-refractivity contribution in [3.05, 3.63) is 65.2 Å². The molecular weight excluding hydrogens is 276 g/mol. The zero-order valence-corrected chi connectivity index (χ0v) is 11.5. The van der Waals surface area contributed by atoms with Gasteiger partial charge in [0.25, 0.3) is 0 Å². The maximum atomic E-state index is 13.4. The topological polar surface area (TPSA) is 12.0 Å². The van der Waals surface area contributed by atoms with E-state index in [0.29, 0.717) is 10.7 Å². The smallest absolute Gasteiger partial charge is 0.125 e. The van der Waals surface area contributed by atoms with Crippen molar-refractivity contribution >= 4 is 22.9 Å². The molecule has 2 aromatic carbocycles. The van der Waals surface area contributed by atoms with Gasteiger partial charge in [0, 0.05) is 11.6 Å². The van der Waals surface area contributed by atoms with Gasteiger partial charge >= 0.3 is 0 Å². The zero-order chi connectivity index (χ0) is 14.1. The number of benzene rings is 2. The Labute approximate surface area is 121 Å². The first-order chi connectivity index (χ1) is 9.63. The van der Waals surface area contributed by atoms with Gasteiger partial charge in [0.1, 0.15) is 11.6 Å². The number of hydrogen-bond acceptors (Lipinski definition) is 1. The maximum Gasteiger partial charge on any atom is 0.125 e. The summed E-state index contributed by atoms with van der Waals surface area (Å²) in [5, 5.41) is 3.09. The minimum atomic E-state index is -0.293. The predicted molar refractivity (Wildman–Crippen MR) is 80.1 cm³/mol. The van der Waals surface area contributed by atoms with Gasteiger partial charge in [-0.15, -0.1) is 0 Å². The monoisotopic (exact) mass is 289 g/mol. The van der Waals surface area contributed by atoms with E-state index in [4.69, 9.17) is 12.2 Å². The fourth-order valence-electron chi connectivity index (χ4n) is 2.63. The molecule has 102 valence electrons. The molecule has 0 saturated carbocycles. The van der Waals surface area contributed by atoms with Crippen molar-refractivity contribution in [1.82, 2.24) is 0 Å². The third kappa shape index (κ3) is 2.56. The molecule has 1 aliphatic rings. The highest BCUT2D eigenvalue weighted by atomic mass is 32.1. The lowest BCUT2D eigenvalue weighted by Crippen LogP contribution is -2.06. The van der Waals surface area contributed by atoms with Crippen LogP contribution in [0.15, 0.2) is 42.5 Å².